The van der Waals surface area contributed by atoms with Crippen LogP contribution in [0.5, 0.6) is 5.75 Å². The van der Waals surface area contributed by atoms with Crippen LogP contribution in [0.25, 0.3) is 0 Å². The molecule has 1 amide bonds. The Morgan fingerprint density at radius 1 is 1.29 bits per heavy atom. The molecule has 0 saturated carbocycles. The molecule has 0 bridgehead atoms. The van der Waals surface area contributed by atoms with Gasteiger partial charge < -0.3 is 10.1 Å². The van der Waals surface area contributed by atoms with E-state index in [0.29, 0.717) is 11.4 Å². The summed E-state index contributed by atoms with van der Waals surface area (Å²) in [5.41, 5.74) is 0.582. The van der Waals surface area contributed by atoms with Crippen LogP contribution in [0, 0.1) is 17.1 Å². The minimum absolute atomic E-state index is 0.0953. The summed E-state index contributed by atoms with van der Waals surface area (Å²) in [6.07, 6.45) is 0. The molecule has 2 rings (SSSR count). The fourth-order valence-electron chi connectivity index (χ4n) is 1.67. The second kappa shape index (κ2) is 6.86. The van der Waals surface area contributed by atoms with Gasteiger partial charge >= 0.3 is 0 Å². The topological polar surface area (TPSA) is 62.1 Å². The van der Waals surface area contributed by atoms with Crippen molar-refractivity contribution in [2.24, 2.45) is 0 Å². The molecule has 21 heavy (non-hydrogen) atoms. The Morgan fingerprint density at radius 3 is 2.81 bits per heavy atom. The van der Waals surface area contributed by atoms with Gasteiger partial charge in [0.15, 0.2) is 6.61 Å². The maximum Gasteiger partial charge on any atom is 0.257 e. The number of carbonyl (C=O) groups excluding carboxylic acids is 1. The van der Waals surface area contributed by atoms with Gasteiger partial charge in [-0.25, -0.2) is 4.39 Å². The van der Waals surface area contributed by atoms with Gasteiger partial charge in [-0.15, -0.1) is 0 Å². The Morgan fingerprint density at radius 2 is 2.05 bits per heavy atom. The molecule has 0 saturated heterocycles. The zero-order valence-corrected chi connectivity index (χ0v) is 12.4. The first-order valence-electron chi connectivity index (χ1n) is 5.97. The van der Waals surface area contributed by atoms with E-state index in [4.69, 9.17) is 10.00 Å². The average molecular weight is 349 g/mol. The van der Waals surface area contributed by atoms with Gasteiger partial charge in [0.05, 0.1) is 15.7 Å². The summed E-state index contributed by atoms with van der Waals surface area (Å²) < 4.78 is 18.7. The lowest BCUT2D eigenvalue weighted by Crippen LogP contribution is -2.14. The zero-order valence-electron chi connectivity index (χ0n) is 10.8. The molecular weight excluding hydrogens is 339 g/mol. The first-order chi connectivity index (χ1) is 10.1. The lowest BCUT2D eigenvalue weighted by molar-refractivity contribution is 0.102. The van der Waals surface area contributed by atoms with Gasteiger partial charge in [0, 0.05) is 0 Å². The molecule has 2 aromatic carbocycles. The van der Waals surface area contributed by atoms with E-state index in [2.05, 4.69) is 21.2 Å². The van der Waals surface area contributed by atoms with Gasteiger partial charge in [-0.05, 0) is 40.2 Å². The van der Waals surface area contributed by atoms with Gasteiger partial charge in [-0.1, -0.05) is 18.2 Å². The van der Waals surface area contributed by atoms with Crippen LogP contribution >= 0.6 is 15.9 Å². The van der Waals surface area contributed by atoms with Crippen molar-refractivity contribution in [3.05, 3.63) is 58.3 Å². The number of amides is 1. The molecule has 1 N–H and O–H groups in total. The lowest BCUT2D eigenvalue weighted by Gasteiger charge is -2.11. The van der Waals surface area contributed by atoms with E-state index >= 15 is 0 Å². The molecule has 0 aliphatic heterocycles. The molecule has 0 atom stereocenters. The monoisotopic (exact) mass is 348 g/mol. The fraction of sp³-hybridized carbons (Fsp3) is 0.0667. The molecule has 0 spiro atoms. The number of hydrogen-bond acceptors (Lipinski definition) is 3. The number of rotatable bonds is 4. The smallest absolute Gasteiger partial charge is 0.257 e. The number of nitrogens with one attached hydrogen (secondary N) is 1. The highest BCUT2D eigenvalue weighted by atomic mass is 79.9. The Balaban J connectivity index is 2.24. The van der Waals surface area contributed by atoms with E-state index in [0.717, 1.165) is 0 Å². The van der Waals surface area contributed by atoms with Crippen LogP contribution in [0.1, 0.15) is 10.4 Å². The molecule has 0 aromatic heterocycles. The van der Waals surface area contributed by atoms with Crippen molar-refractivity contribution < 1.29 is 13.9 Å². The standard InChI is InChI=1S/C15H10BrFN2O2/c16-14-10(4-3-5-11(14)17)15(20)19-12-6-1-2-7-13(12)21-9-8-18/h1-7H,9H2,(H,19,20). The third-order valence-corrected chi connectivity index (χ3v) is 3.43. The predicted octanol–water partition coefficient (Wildman–Crippen LogP) is 3.74. The van der Waals surface area contributed by atoms with Crippen LogP contribution in [-0.2, 0) is 0 Å². The van der Waals surface area contributed by atoms with Crippen LogP contribution in [-0.4, -0.2) is 12.5 Å². The molecular formula is C15H10BrFN2O2. The molecule has 0 fully saturated rings. The molecule has 0 aliphatic carbocycles. The van der Waals surface area contributed by atoms with Crippen molar-refractivity contribution in [3.8, 4) is 11.8 Å². The number of ether oxygens (including phenoxy) is 1. The first kappa shape index (κ1) is 15.0. The van der Waals surface area contributed by atoms with E-state index in [9.17, 15) is 9.18 Å². The predicted molar refractivity (Wildman–Crippen MR) is 79.6 cm³/mol. The second-order valence-corrected chi connectivity index (χ2v) is 4.79. The Kier molecular flexibility index (Phi) is 4.90. The second-order valence-electron chi connectivity index (χ2n) is 4.00. The van der Waals surface area contributed by atoms with Crippen LogP contribution in [0.3, 0.4) is 0 Å². The molecule has 0 unspecified atom stereocenters. The van der Waals surface area contributed by atoms with Crippen molar-refractivity contribution in [1.29, 1.82) is 5.26 Å². The number of anilines is 1. The third-order valence-electron chi connectivity index (χ3n) is 2.62. The van der Waals surface area contributed by atoms with Gasteiger partial charge in [0.2, 0.25) is 0 Å². The van der Waals surface area contributed by atoms with Crippen molar-refractivity contribution in [2.45, 2.75) is 0 Å². The van der Waals surface area contributed by atoms with Gasteiger partial charge in [0.25, 0.3) is 5.91 Å². The van der Waals surface area contributed by atoms with Crippen LogP contribution in [0.15, 0.2) is 46.9 Å². The number of para-hydroxylation sites is 2. The van der Waals surface area contributed by atoms with E-state index in [1.165, 1.54) is 18.2 Å². The SMILES string of the molecule is N#CCOc1ccccc1NC(=O)c1cccc(F)c1Br. The van der Waals surface area contributed by atoms with Crippen molar-refractivity contribution >= 4 is 27.5 Å². The first-order valence-corrected chi connectivity index (χ1v) is 6.77. The van der Waals surface area contributed by atoms with Crippen LogP contribution in [0.2, 0.25) is 0 Å². The number of hydrogen-bond donors (Lipinski definition) is 1. The minimum Gasteiger partial charge on any atom is -0.477 e. The Labute approximate surface area is 129 Å². The summed E-state index contributed by atoms with van der Waals surface area (Å²) in [5, 5.41) is 11.2. The van der Waals surface area contributed by atoms with Crippen LogP contribution < -0.4 is 10.1 Å². The van der Waals surface area contributed by atoms with E-state index < -0.39 is 11.7 Å². The van der Waals surface area contributed by atoms with E-state index in [1.807, 2.05) is 6.07 Å². The van der Waals surface area contributed by atoms with Crippen molar-refractivity contribution in [2.75, 3.05) is 11.9 Å². The summed E-state index contributed by atoms with van der Waals surface area (Å²) in [6.45, 7) is -0.128. The highest BCUT2D eigenvalue weighted by molar-refractivity contribution is 9.10. The Bertz CT molecular complexity index is 713. The molecule has 6 heteroatoms. The molecule has 0 radical (unpaired) electrons. The maximum absolute atomic E-state index is 13.4. The van der Waals surface area contributed by atoms with E-state index in [-0.39, 0.29) is 16.6 Å². The highest BCUT2D eigenvalue weighted by Crippen LogP contribution is 2.26. The largest absolute Gasteiger partial charge is 0.477 e. The fourth-order valence-corrected chi connectivity index (χ4v) is 2.12. The quantitative estimate of drug-likeness (QED) is 0.915. The summed E-state index contributed by atoms with van der Waals surface area (Å²) >= 11 is 3.04. The van der Waals surface area contributed by atoms with Crippen LogP contribution in [0.4, 0.5) is 10.1 Å². The summed E-state index contributed by atoms with van der Waals surface area (Å²) in [7, 11) is 0. The molecule has 4 nitrogen and oxygen atoms in total. The van der Waals surface area contributed by atoms with Gasteiger partial charge in [0.1, 0.15) is 17.6 Å². The van der Waals surface area contributed by atoms with Crippen molar-refractivity contribution in [1.82, 2.24) is 0 Å². The maximum atomic E-state index is 13.4. The summed E-state index contributed by atoms with van der Waals surface area (Å²) in [6, 6.07) is 12.8. The third kappa shape index (κ3) is 3.58. The molecule has 2 aromatic rings. The van der Waals surface area contributed by atoms with Crippen molar-refractivity contribution in [3.63, 3.8) is 0 Å². The number of nitrogens with zero attached hydrogens (tertiary/aromatic N) is 1. The number of halogens is 2. The molecule has 0 heterocycles. The van der Waals surface area contributed by atoms with Gasteiger partial charge in [-0.3, -0.25) is 4.79 Å². The Hall–Kier alpha value is -2.39. The number of nitriles is 1. The number of carbonyl (C=O) groups is 1. The normalized spacial score (nSPS) is 9.76. The van der Waals surface area contributed by atoms with E-state index in [1.54, 1.807) is 24.3 Å². The summed E-state index contributed by atoms with van der Waals surface area (Å²) in [4.78, 5) is 12.2. The minimum atomic E-state index is -0.517. The highest BCUT2D eigenvalue weighted by Gasteiger charge is 2.14. The zero-order chi connectivity index (χ0) is 15.2. The lowest BCUT2D eigenvalue weighted by atomic mass is 10.2. The summed E-state index contributed by atoms with van der Waals surface area (Å²) in [5.74, 6) is -0.619. The molecule has 0 aliphatic rings. The number of benzene rings is 2. The molecule has 106 valence electrons. The van der Waals surface area contributed by atoms with Gasteiger partial charge in [-0.2, -0.15) is 5.26 Å². The average Bonchev–Trinajstić information content (AvgIpc) is 2.49.